The van der Waals surface area contributed by atoms with Gasteiger partial charge in [0.1, 0.15) is 0 Å². The highest BCUT2D eigenvalue weighted by molar-refractivity contribution is 5.93. The van der Waals surface area contributed by atoms with Gasteiger partial charge in [-0.05, 0) is 58.6 Å². The number of guanidine groups is 1. The van der Waals surface area contributed by atoms with Gasteiger partial charge in [-0.1, -0.05) is 0 Å². The summed E-state index contributed by atoms with van der Waals surface area (Å²) < 4.78 is 11.0. The second kappa shape index (κ2) is 11.7. The Balaban J connectivity index is 1.77. The summed E-state index contributed by atoms with van der Waals surface area (Å²) in [6.07, 6.45) is 2.35. The summed E-state index contributed by atoms with van der Waals surface area (Å²) in [4.78, 5) is 9.28. The molecule has 1 aliphatic rings. The molecule has 1 aliphatic heterocycles. The molecular formula is C20H35N5O2. The first kappa shape index (κ1) is 21.3. The van der Waals surface area contributed by atoms with E-state index in [4.69, 9.17) is 9.47 Å². The van der Waals surface area contributed by atoms with Crippen LogP contribution in [0.25, 0.3) is 0 Å². The third-order valence-corrected chi connectivity index (χ3v) is 4.71. The van der Waals surface area contributed by atoms with Gasteiger partial charge in [0.05, 0.1) is 13.7 Å². The van der Waals surface area contributed by atoms with Crippen LogP contribution in [-0.4, -0.2) is 82.8 Å². The van der Waals surface area contributed by atoms with E-state index in [1.165, 1.54) is 19.5 Å². The number of benzene rings is 1. The average Bonchev–Trinajstić information content (AvgIpc) is 2.89. The average molecular weight is 378 g/mol. The van der Waals surface area contributed by atoms with Crippen LogP contribution >= 0.6 is 0 Å². The van der Waals surface area contributed by atoms with Crippen molar-refractivity contribution < 1.29 is 9.47 Å². The summed E-state index contributed by atoms with van der Waals surface area (Å²) >= 11 is 0. The maximum Gasteiger partial charge on any atom is 0.195 e. The maximum absolute atomic E-state index is 5.56. The number of hydrogen-bond donors (Lipinski definition) is 2. The molecule has 0 unspecified atom stereocenters. The van der Waals surface area contributed by atoms with Crippen molar-refractivity contribution in [3.63, 3.8) is 0 Å². The van der Waals surface area contributed by atoms with Gasteiger partial charge in [-0.3, -0.25) is 4.99 Å². The van der Waals surface area contributed by atoms with Crippen molar-refractivity contribution in [3.8, 4) is 11.5 Å². The lowest BCUT2D eigenvalue weighted by atomic mass is 10.2. The Morgan fingerprint density at radius 1 is 1.19 bits per heavy atom. The largest absolute Gasteiger partial charge is 0.493 e. The Morgan fingerprint density at radius 2 is 2.04 bits per heavy atom. The summed E-state index contributed by atoms with van der Waals surface area (Å²) in [5.74, 6) is 2.22. The van der Waals surface area contributed by atoms with Crippen LogP contribution in [0.15, 0.2) is 23.2 Å². The molecular weight excluding hydrogens is 342 g/mol. The highest BCUT2D eigenvalue weighted by Crippen LogP contribution is 2.30. The van der Waals surface area contributed by atoms with Crippen LogP contribution in [0.2, 0.25) is 0 Å². The topological polar surface area (TPSA) is 61.4 Å². The molecule has 2 rings (SSSR count). The van der Waals surface area contributed by atoms with E-state index in [0.29, 0.717) is 12.4 Å². The Morgan fingerprint density at radius 3 is 2.78 bits per heavy atom. The zero-order chi connectivity index (χ0) is 19.5. The SMILES string of the molecule is CCOc1ccc(NC(=NC)NCCCN2CCCN(C)CC2)cc1OC. The summed E-state index contributed by atoms with van der Waals surface area (Å²) in [5, 5.41) is 6.70. The smallest absolute Gasteiger partial charge is 0.195 e. The summed E-state index contributed by atoms with van der Waals surface area (Å²) in [5.41, 5.74) is 0.916. The van der Waals surface area contributed by atoms with E-state index >= 15 is 0 Å². The first-order valence-electron chi connectivity index (χ1n) is 9.85. The molecule has 0 bridgehead atoms. The molecule has 0 spiro atoms. The highest BCUT2D eigenvalue weighted by atomic mass is 16.5. The van der Waals surface area contributed by atoms with Crippen molar-refractivity contribution in [1.82, 2.24) is 15.1 Å². The number of ether oxygens (including phenoxy) is 2. The van der Waals surface area contributed by atoms with E-state index in [-0.39, 0.29) is 0 Å². The number of nitrogens with one attached hydrogen (secondary N) is 2. The number of methoxy groups -OCH3 is 1. The lowest BCUT2D eigenvalue weighted by molar-refractivity contribution is 0.274. The van der Waals surface area contributed by atoms with Gasteiger partial charge in [0.15, 0.2) is 17.5 Å². The molecule has 27 heavy (non-hydrogen) atoms. The third-order valence-electron chi connectivity index (χ3n) is 4.71. The van der Waals surface area contributed by atoms with Crippen molar-refractivity contribution in [2.24, 2.45) is 4.99 Å². The lowest BCUT2D eigenvalue weighted by Gasteiger charge is -2.20. The van der Waals surface area contributed by atoms with Crippen molar-refractivity contribution in [1.29, 1.82) is 0 Å². The number of hydrogen-bond acceptors (Lipinski definition) is 5. The minimum absolute atomic E-state index is 0.611. The predicted molar refractivity (Wildman–Crippen MR) is 112 cm³/mol. The van der Waals surface area contributed by atoms with Gasteiger partial charge in [-0.15, -0.1) is 0 Å². The van der Waals surface area contributed by atoms with Crippen LogP contribution in [0.1, 0.15) is 19.8 Å². The quantitative estimate of drug-likeness (QED) is 0.411. The van der Waals surface area contributed by atoms with E-state index in [1.807, 2.05) is 25.1 Å². The lowest BCUT2D eigenvalue weighted by Crippen LogP contribution is -2.35. The van der Waals surface area contributed by atoms with E-state index in [0.717, 1.165) is 50.0 Å². The number of likely N-dealkylation sites (N-methyl/N-ethyl adjacent to an activating group) is 1. The second-order valence-electron chi connectivity index (χ2n) is 6.77. The first-order valence-corrected chi connectivity index (χ1v) is 9.85. The van der Waals surface area contributed by atoms with Crippen molar-refractivity contribution >= 4 is 11.6 Å². The molecule has 1 aromatic carbocycles. The van der Waals surface area contributed by atoms with Gasteiger partial charge >= 0.3 is 0 Å². The highest BCUT2D eigenvalue weighted by Gasteiger charge is 2.11. The van der Waals surface area contributed by atoms with Crippen molar-refractivity contribution in [2.75, 3.05) is 72.4 Å². The molecule has 1 fully saturated rings. The molecule has 1 aromatic rings. The number of rotatable bonds is 8. The molecule has 0 amide bonds. The summed E-state index contributed by atoms with van der Waals surface area (Å²) in [7, 11) is 5.64. The van der Waals surface area contributed by atoms with Gasteiger partial charge in [-0.25, -0.2) is 0 Å². The molecule has 2 N–H and O–H groups in total. The van der Waals surface area contributed by atoms with Crippen LogP contribution in [0.3, 0.4) is 0 Å². The fourth-order valence-corrected chi connectivity index (χ4v) is 3.17. The fourth-order valence-electron chi connectivity index (χ4n) is 3.17. The van der Waals surface area contributed by atoms with Crippen LogP contribution in [0, 0.1) is 0 Å². The normalized spacial score (nSPS) is 16.7. The molecule has 0 aliphatic carbocycles. The predicted octanol–water partition coefficient (Wildman–Crippen LogP) is 2.11. The van der Waals surface area contributed by atoms with E-state index in [2.05, 4.69) is 32.5 Å². The zero-order valence-electron chi connectivity index (χ0n) is 17.3. The molecule has 0 saturated carbocycles. The number of aliphatic imine (C=N–C) groups is 1. The van der Waals surface area contributed by atoms with Crippen LogP contribution in [-0.2, 0) is 0 Å². The molecule has 0 aromatic heterocycles. The molecule has 1 saturated heterocycles. The summed E-state index contributed by atoms with van der Waals surface area (Å²) in [6.45, 7) is 9.31. The molecule has 152 valence electrons. The van der Waals surface area contributed by atoms with Gasteiger partial charge in [0, 0.05) is 38.4 Å². The molecule has 7 nitrogen and oxygen atoms in total. The van der Waals surface area contributed by atoms with Crippen LogP contribution in [0.4, 0.5) is 5.69 Å². The van der Waals surface area contributed by atoms with Crippen molar-refractivity contribution in [3.05, 3.63) is 18.2 Å². The maximum atomic E-state index is 5.56. The van der Waals surface area contributed by atoms with Crippen LogP contribution in [0.5, 0.6) is 11.5 Å². The number of nitrogens with zero attached hydrogens (tertiary/aromatic N) is 3. The van der Waals surface area contributed by atoms with Crippen molar-refractivity contribution in [2.45, 2.75) is 19.8 Å². The third kappa shape index (κ3) is 7.27. The standard InChI is InChI=1S/C20H35N5O2/c1-5-27-18-9-8-17(16-19(18)26-4)23-20(21-2)22-10-6-12-25-13-7-11-24(3)14-15-25/h8-9,16H,5-7,10-15H2,1-4H3,(H2,21,22,23). The van der Waals surface area contributed by atoms with E-state index < -0.39 is 0 Å². The van der Waals surface area contributed by atoms with Gasteiger partial charge in [0.25, 0.3) is 0 Å². The summed E-state index contributed by atoms with van der Waals surface area (Å²) in [6, 6.07) is 5.80. The van der Waals surface area contributed by atoms with Gasteiger partial charge in [-0.2, -0.15) is 0 Å². The molecule has 0 atom stereocenters. The van der Waals surface area contributed by atoms with Gasteiger partial charge < -0.3 is 29.9 Å². The molecule has 7 heteroatoms. The monoisotopic (exact) mass is 377 g/mol. The Kier molecular flexibility index (Phi) is 9.21. The van der Waals surface area contributed by atoms with Crippen LogP contribution < -0.4 is 20.1 Å². The van der Waals surface area contributed by atoms with E-state index in [9.17, 15) is 0 Å². The second-order valence-corrected chi connectivity index (χ2v) is 6.77. The molecule has 1 heterocycles. The zero-order valence-corrected chi connectivity index (χ0v) is 17.3. The minimum Gasteiger partial charge on any atom is -0.493 e. The Bertz CT molecular complexity index is 594. The van der Waals surface area contributed by atoms with E-state index in [1.54, 1.807) is 14.2 Å². The Labute approximate surface area is 163 Å². The Hall–Kier alpha value is -1.99. The number of anilines is 1. The fraction of sp³-hybridized carbons (Fsp3) is 0.650. The molecule has 0 radical (unpaired) electrons. The van der Waals surface area contributed by atoms with Gasteiger partial charge in [0.2, 0.25) is 0 Å². The minimum atomic E-state index is 0.611. The first-order chi connectivity index (χ1) is 13.2.